The topological polar surface area (TPSA) is 64.0 Å². The number of rotatable bonds is 4. The molecule has 0 spiro atoms. The lowest BCUT2D eigenvalue weighted by molar-refractivity contribution is 0.101. The fourth-order valence-corrected chi connectivity index (χ4v) is 2.74. The Labute approximate surface area is 152 Å². The maximum Gasteiger partial charge on any atom is 0.276 e. The molecule has 132 valence electrons. The lowest BCUT2D eigenvalue weighted by atomic mass is 10.1. The quantitative estimate of drug-likeness (QED) is 0.786. The first kappa shape index (κ1) is 17.6. The summed E-state index contributed by atoms with van der Waals surface area (Å²) >= 11 is 0. The molecule has 5 nitrogen and oxygen atoms in total. The molecule has 26 heavy (non-hydrogen) atoms. The summed E-state index contributed by atoms with van der Waals surface area (Å²) in [5.74, 6) is -0.333. The fourth-order valence-electron chi connectivity index (χ4n) is 2.74. The summed E-state index contributed by atoms with van der Waals surface area (Å²) in [7, 11) is 0. The fraction of sp³-hybridized carbons (Fsp3) is 0.190. The number of amides is 1. The van der Waals surface area contributed by atoms with E-state index in [0.717, 1.165) is 27.9 Å². The number of anilines is 1. The Kier molecular flexibility index (Phi) is 4.98. The molecular formula is C21H21N3O2. The largest absolute Gasteiger partial charge is 0.320 e. The van der Waals surface area contributed by atoms with Crippen molar-refractivity contribution in [3.8, 4) is 0 Å². The zero-order chi connectivity index (χ0) is 18.7. The third kappa shape index (κ3) is 3.88. The molecule has 0 bridgehead atoms. The van der Waals surface area contributed by atoms with Crippen LogP contribution in [0.2, 0.25) is 0 Å². The molecule has 0 unspecified atom stereocenters. The summed E-state index contributed by atoms with van der Waals surface area (Å²) in [6.07, 6.45) is 0. The van der Waals surface area contributed by atoms with Gasteiger partial charge in [0.2, 0.25) is 0 Å². The number of hydrogen-bond acceptors (Lipinski definition) is 3. The van der Waals surface area contributed by atoms with Crippen LogP contribution in [0.5, 0.6) is 0 Å². The normalized spacial score (nSPS) is 10.6. The van der Waals surface area contributed by atoms with E-state index < -0.39 is 0 Å². The van der Waals surface area contributed by atoms with Crippen LogP contribution >= 0.6 is 0 Å². The van der Waals surface area contributed by atoms with Crippen molar-refractivity contribution in [1.29, 1.82) is 0 Å². The van der Waals surface area contributed by atoms with Crippen LogP contribution in [0.1, 0.15) is 32.7 Å². The van der Waals surface area contributed by atoms with Crippen molar-refractivity contribution in [3.63, 3.8) is 0 Å². The smallest absolute Gasteiger partial charge is 0.276 e. The van der Waals surface area contributed by atoms with E-state index >= 15 is 0 Å². The van der Waals surface area contributed by atoms with Gasteiger partial charge in [0, 0.05) is 11.8 Å². The van der Waals surface area contributed by atoms with Crippen LogP contribution in [-0.4, -0.2) is 15.7 Å². The summed E-state index contributed by atoms with van der Waals surface area (Å²) < 4.78 is 1.31. The second-order valence-corrected chi connectivity index (χ2v) is 6.42. The van der Waals surface area contributed by atoms with Crippen LogP contribution in [0, 0.1) is 20.8 Å². The number of benzene rings is 2. The van der Waals surface area contributed by atoms with Crippen LogP contribution in [0.25, 0.3) is 0 Å². The molecule has 0 fully saturated rings. The molecule has 2 aromatic carbocycles. The van der Waals surface area contributed by atoms with Gasteiger partial charge in [-0.15, -0.1) is 0 Å². The Hall–Kier alpha value is -3.21. The number of nitrogens with one attached hydrogen (secondary N) is 1. The molecule has 0 saturated carbocycles. The highest BCUT2D eigenvalue weighted by Gasteiger charge is 2.12. The van der Waals surface area contributed by atoms with Crippen molar-refractivity contribution in [2.75, 3.05) is 5.32 Å². The van der Waals surface area contributed by atoms with Crippen LogP contribution in [0.15, 0.2) is 59.4 Å². The van der Waals surface area contributed by atoms with Crippen molar-refractivity contribution in [2.24, 2.45) is 0 Å². The first-order valence-electron chi connectivity index (χ1n) is 8.45. The molecular weight excluding hydrogens is 326 g/mol. The first-order valence-corrected chi connectivity index (χ1v) is 8.45. The van der Waals surface area contributed by atoms with Crippen molar-refractivity contribution < 1.29 is 4.79 Å². The van der Waals surface area contributed by atoms with Crippen molar-refractivity contribution in [3.05, 3.63) is 92.9 Å². The lowest BCUT2D eigenvalue weighted by Gasteiger charge is -2.12. The molecule has 0 atom stereocenters. The third-order valence-electron chi connectivity index (χ3n) is 4.27. The van der Waals surface area contributed by atoms with Crippen LogP contribution in [-0.2, 0) is 6.54 Å². The van der Waals surface area contributed by atoms with E-state index in [0.29, 0.717) is 6.54 Å². The third-order valence-corrected chi connectivity index (χ3v) is 4.27. The summed E-state index contributed by atoms with van der Waals surface area (Å²) in [4.78, 5) is 24.7. The van der Waals surface area contributed by atoms with Crippen LogP contribution < -0.4 is 10.9 Å². The first-order chi connectivity index (χ1) is 12.4. The molecule has 5 heteroatoms. The Morgan fingerprint density at radius 2 is 1.62 bits per heavy atom. The van der Waals surface area contributed by atoms with Gasteiger partial charge >= 0.3 is 0 Å². The Bertz CT molecular complexity index is 984. The van der Waals surface area contributed by atoms with E-state index in [9.17, 15) is 9.59 Å². The average molecular weight is 347 g/mol. The minimum absolute atomic E-state index is 0.208. The minimum atomic E-state index is -0.333. The standard InChI is InChI=1S/C21H21N3O2/c1-14-7-9-17(10-8-14)13-24-19(25)12-11-18(23-24)21(26)22-20-15(2)5-4-6-16(20)3/h4-12H,13H2,1-3H3,(H,22,26). The molecule has 1 aromatic heterocycles. The second kappa shape index (κ2) is 7.35. The summed E-state index contributed by atoms with van der Waals surface area (Å²) in [5.41, 5.74) is 4.80. The highest BCUT2D eigenvalue weighted by atomic mass is 16.2. The SMILES string of the molecule is Cc1ccc(Cn2nc(C(=O)Nc3c(C)cccc3C)ccc2=O)cc1. The summed E-state index contributed by atoms with van der Waals surface area (Å²) in [6, 6.07) is 16.5. The van der Waals surface area contributed by atoms with Crippen molar-refractivity contribution in [2.45, 2.75) is 27.3 Å². The molecule has 0 aliphatic carbocycles. The maximum atomic E-state index is 12.6. The zero-order valence-corrected chi connectivity index (χ0v) is 15.1. The van der Waals surface area contributed by atoms with Gasteiger partial charge in [0.15, 0.2) is 0 Å². The highest BCUT2D eigenvalue weighted by Crippen LogP contribution is 2.19. The molecule has 0 aliphatic heterocycles. The number of nitrogens with zero attached hydrogens (tertiary/aromatic N) is 2. The van der Waals surface area contributed by atoms with Gasteiger partial charge in [0.1, 0.15) is 5.69 Å². The van der Waals surface area contributed by atoms with E-state index in [2.05, 4.69) is 10.4 Å². The van der Waals surface area contributed by atoms with E-state index in [-0.39, 0.29) is 17.2 Å². The number of aromatic nitrogens is 2. The van der Waals surface area contributed by atoms with E-state index in [1.54, 1.807) is 0 Å². The van der Waals surface area contributed by atoms with Gasteiger partial charge in [-0.3, -0.25) is 9.59 Å². The molecule has 3 aromatic rings. The van der Waals surface area contributed by atoms with Gasteiger partial charge in [-0.1, -0.05) is 48.0 Å². The van der Waals surface area contributed by atoms with E-state index in [1.165, 1.54) is 16.8 Å². The van der Waals surface area contributed by atoms with Crippen molar-refractivity contribution in [1.82, 2.24) is 9.78 Å². The van der Waals surface area contributed by atoms with E-state index in [4.69, 9.17) is 0 Å². The number of hydrogen-bond donors (Lipinski definition) is 1. The highest BCUT2D eigenvalue weighted by molar-refractivity contribution is 6.03. The van der Waals surface area contributed by atoms with Gasteiger partial charge in [0.05, 0.1) is 6.54 Å². The zero-order valence-electron chi connectivity index (χ0n) is 15.1. The Balaban J connectivity index is 1.85. The number of para-hydroxylation sites is 1. The summed E-state index contributed by atoms with van der Waals surface area (Å²) in [6.45, 7) is 6.21. The Morgan fingerprint density at radius 3 is 2.27 bits per heavy atom. The van der Waals surface area contributed by atoms with E-state index in [1.807, 2.05) is 63.2 Å². The molecule has 0 aliphatic rings. The molecule has 0 saturated heterocycles. The number of aryl methyl sites for hydroxylation is 3. The second-order valence-electron chi connectivity index (χ2n) is 6.42. The lowest BCUT2D eigenvalue weighted by Crippen LogP contribution is -2.26. The molecule has 1 N–H and O–H groups in total. The molecule has 1 heterocycles. The monoisotopic (exact) mass is 347 g/mol. The number of carbonyl (C=O) groups is 1. The average Bonchev–Trinajstić information content (AvgIpc) is 2.62. The molecule has 3 rings (SSSR count). The van der Waals surface area contributed by atoms with Crippen molar-refractivity contribution >= 4 is 11.6 Å². The van der Waals surface area contributed by atoms with Gasteiger partial charge in [-0.05, 0) is 43.5 Å². The predicted octanol–water partition coefficient (Wildman–Crippen LogP) is 3.47. The number of carbonyl (C=O) groups excluding carboxylic acids is 1. The van der Waals surface area contributed by atoms with Crippen LogP contribution in [0.3, 0.4) is 0 Å². The molecule has 1 amide bonds. The van der Waals surface area contributed by atoms with Gasteiger partial charge < -0.3 is 5.32 Å². The maximum absolute atomic E-state index is 12.6. The minimum Gasteiger partial charge on any atom is -0.320 e. The molecule has 0 radical (unpaired) electrons. The Morgan fingerprint density at radius 1 is 0.962 bits per heavy atom. The van der Waals surface area contributed by atoms with Gasteiger partial charge in [0.25, 0.3) is 11.5 Å². The van der Waals surface area contributed by atoms with Gasteiger partial charge in [-0.25, -0.2) is 4.68 Å². The summed E-state index contributed by atoms with van der Waals surface area (Å²) in [5, 5.41) is 7.13. The predicted molar refractivity (Wildman–Crippen MR) is 103 cm³/mol. The van der Waals surface area contributed by atoms with Crippen LogP contribution in [0.4, 0.5) is 5.69 Å². The van der Waals surface area contributed by atoms with Gasteiger partial charge in [-0.2, -0.15) is 5.10 Å².